The van der Waals surface area contributed by atoms with Crippen LogP contribution in [0.25, 0.3) is 11.1 Å². The van der Waals surface area contributed by atoms with Gasteiger partial charge >= 0.3 is 0 Å². The smallest absolute Gasteiger partial charge is 0.294 e. The number of ether oxygens (including phenoxy) is 2. The molecule has 1 heterocycles. The monoisotopic (exact) mass is 471 g/mol. The normalized spacial score (nSPS) is 13.8. The third-order valence-corrected chi connectivity index (χ3v) is 5.40. The number of anilines is 2. The van der Waals surface area contributed by atoms with Crippen LogP contribution in [0, 0.1) is 6.92 Å². The molecule has 0 atom stereocenters. The number of carbonyl (C=O) groups excluding carboxylic acids is 2. The highest BCUT2D eigenvalue weighted by Gasteiger charge is 2.29. The van der Waals surface area contributed by atoms with E-state index < -0.39 is 5.91 Å². The van der Waals surface area contributed by atoms with Crippen LogP contribution in [0.3, 0.4) is 0 Å². The van der Waals surface area contributed by atoms with E-state index in [1.165, 1.54) is 6.92 Å². The van der Waals surface area contributed by atoms with Crippen LogP contribution in [-0.4, -0.2) is 37.5 Å². The summed E-state index contributed by atoms with van der Waals surface area (Å²) in [7, 11) is 3.10. The van der Waals surface area contributed by atoms with Gasteiger partial charge in [0.05, 0.1) is 25.5 Å². The molecular weight excluding hydrogens is 446 g/mol. The SMILES string of the molecule is COc1ccc(OC)c(C2=NNC(=O)/C2=N\Nc2ccc(C)c(-c3cccc(NC(C)=O)c3)c2)c1. The zero-order chi connectivity index (χ0) is 24.9. The minimum atomic E-state index is -0.437. The van der Waals surface area contributed by atoms with Gasteiger partial charge < -0.3 is 14.8 Å². The van der Waals surface area contributed by atoms with Gasteiger partial charge in [-0.1, -0.05) is 18.2 Å². The van der Waals surface area contributed by atoms with Crippen LogP contribution >= 0.6 is 0 Å². The van der Waals surface area contributed by atoms with Crippen LogP contribution in [0.1, 0.15) is 18.1 Å². The number of nitrogens with one attached hydrogen (secondary N) is 3. The number of carbonyl (C=O) groups is 2. The van der Waals surface area contributed by atoms with Crippen molar-refractivity contribution in [3.8, 4) is 22.6 Å². The molecule has 1 aliphatic rings. The van der Waals surface area contributed by atoms with Crippen molar-refractivity contribution in [2.24, 2.45) is 10.2 Å². The Labute approximate surface area is 202 Å². The summed E-state index contributed by atoms with van der Waals surface area (Å²) >= 11 is 0. The largest absolute Gasteiger partial charge is 0.497 e. The van der Waals surface area contributed by atoms with Gasteiger partial charge in [-0.15, -0.1) is 0 Å². The second-order valence-corrected chi connectivity index (χ2v) is 7.83. The maximum Gasteiger partial charge on any atom is 0.294 e. The molecule has 0 saturated carbocycles. The van der Waals surface area contributed by atoms with Gasteiger partial charge in [0.25, 0.3) is 5.91 Å². The van der Waals surface area contributed by atoms with E-state index in [9.17, 15) is 9.59 Å². The fourth-order valence-corrected chi connectivity index (χ4v) is 3.70. The summed E-state index contributed by atoms with van der Waals surface area (Å²) in [4.78, 5) is 23.9. The molecule has 0 spiro atoms. The topological polar surface area (TPSA) is 113 Å². The van der Waals surface area contributed by atoms with Crippen LogP contribution in [0.5, 0.6) is 11.5 Å². The van der Waals surface area contributed by atoms with Crippen molar-refractivity contribution < 1.29 is 19.1 Å². The molecule has 0 bridgehead atoms. The Hall–Kier alpha value is -4.66. The van der Waals surface area contributed by atoms with Gasteiger partial charge in [0.15, 0.2) is 5.71 Å². The van der Waals surface area contributed by atoms with Crippen molar-refractivity contribution in [3.05, 3.63) is 71.8 Å². The first-order valence-corrected chi connectivity index (χ1v) is 10.8. The number of nitrogens with zero attached hydrogens (tertiary/aromatic N) is 2. The molecule has 4 rings (SSSR count). The van der Waals surface area contributed by atoms with Crippen LogP contribution in [0.2, 0.25) is 0 Å². The lowest BCUT2D eigenvalue weighted by atomic mass is 9.99. The van der Waals surface area contributed by atoms with Gasteiger partial charge in [0, 0.05) is 12.6 Å². The summed E-state index contributed by atoms with van der Waals surface area (Å²) in [6.07, 6.45) is 0. The predicted molar refractivity (Wildman–Crippen MR) is 136 cm³/mol. The second kappa shape index (κ2) is 10.1. The standard InChI is InChI=1S/C26H25N5O4/c1-15-8-9-19(13-21(15)17-6-5-7-18(12-17)27-16(2)32)28-30-25-24(29-31-26(25)33)22-14-20(34-3)10-11-23(22)35-4/h5-14,28H,1-4H3,(H,27,32)(H,30,31,33). The molecule has 0 unspecified atom stereocenters. The van der Waals surface area contributed by atoms with E-state index in [-0.39, 0.29) is 11.6 Å². The number of amides is 2. The molecule has 9 heteroatoms. The number of hydrazone groups is 2. The molecule has 178 valence electrons. The van der Waals surface area contributed by atoms with E-state index in [1.54, 1.807) is 32.4 Å². The van der Waals surface area contributed by atoms with Gasteiger partial charge in [0.2, 0.25) is 5.91 Å². The second-order valence-electron chi connectivity index (χ2n) is 7.83. The molecule has 0 radical (unpaired) electrons. The summed E-state index contributed by atoms with van der Waals surface area (Å²) in [5.74, 6) is 0.558. The summed E-state index contributed by atoms with van der Waals surface area (Å²) in [5, 5.41) is 11.3. The van der Waals surface area contributed by atoms with Crippen LogP contribution in [-0.2, 0) is 9.59 Å². The molecule has 2 amide bonds. The van der Waals surface area contributed by atoms with E-state index in [0.717, 1.165) is 16.7 Å². The van der Waals surface area contributed by atoms with Crippen LogP contribution < -0.4 is 25.6 Å². The Bertz CT molecular complexity index is 1360. The molecule has 3 N–H and O–H groups in total. The van der Waals surface area contributed by atoms with Crippen molar-refractivity contribution in [2.45, 2.75) is 13.8 Å². The molecule has 0 saturated heterocycles. The Balaban J connectivity index is 1.64. The zero-order valence-electron chi connectivity index (χ0n) is 19.8. The van der Waals surface area contributed by atoms with Gasteiger partial charge in [-0.05, 0) is 66.1 Å². The Morgan fingerprint density at radius 2 is 1.80 bits per heavy atom. The first kappa shape index (κ1) is 23.5. The minimum absolute atomic E-state index is 0.117. The lowest BCUT2D eigenvalue weighted by Crippen LogP contribution is -2.25. The number of aryl methyl sites for hydroxylation is 1. The number of hydrogen-bond acceptors (Lipinski definition) is 7. The first-order chi connectivity index (χ1) is 16.9. The summed E-state index contributed by atoms with van der Waals surface area (Å²) < 4.78 is 10.7. The highest BCUT2D eigenvalue weighted by Crippen LogP contribution is 2.29. The molecule has 35 heavy (non-hydrogen) atoms. The number of rotatable bonds is 7. The average molecular weight is 472 g/mol. The fourth-order valence-electron chi connectivity index (χ4n) is 3.70. The molecule has 0 aromatic heterocycles. The van der Waals surface area contributed by atoms with Crippen molar-refractivity contribution >= 4 is 34.6 Å². The van der Waals surface area contributed by atoms with E-state index in [2.05, 4.69) is 26.4 Å². The molecule has 9 nitrogen and oxygen atoms in total. The lowest BCUT2D eigenvalue weighted by Gasteiger charge is -2.12. The van der Waals surface area contributed by atoms with Gasteiger partial charge in [-0.3, -0.25) is 15.0 Å². The third kappa shape index (κ3) is 5.14. The Morgan fingerprint density at radius 1 is 0.971 bits per heavy atom. The van der Waals surface area contributed by atoms with Crippen molar-refractivity contribution in [1.29, 1.82) is 0 Å². The molecule has 3 aromatic rings. The maximum absolute atomic E-state index is 12.5. The molecule has 0 aliphatic carbocycles. The molecular formula is C26H25N5O4. The molecule has 0 fully saturated rings. The Kier molecular flexibility index (Phi) is 6.77. The van der Waals surface area contributed by atoms with Crippen molar-refractivity contribution in [1.82, 2.24) is 5.43 Å². The number of benzene rings is 3. The quantitative estimate of drug-likeness (QED) is 0.452. The van der Waals surface area contributed by atoms with E-state index in [4.69, 9.17) is 9.47 Å². The molecule has 3 aromatic carbocycles. The number of hydrogen-bond donors (Lipinski definition) is 3. The fraction of sp³-hybridized carbons (Fsp3) is 0.154. The van der Waals surface area contributed by atoms with Crippen LogP contribution in [0.15, 0.2) is 70.9 Å². The van der Waals surface area contributed by atoms with Crippen LogP contribution in [0.4, 0.5) is 11.4 Å². The van der Waals surface area contributed by atoms with Gasteiger partial charge in [-0.2, -0.15) is 10.2 Å². The van der Waals surface area contributed by atoms with Crippen molar-refractivity contribution in [3.63, 3.8) is 0 Å². The molecule has 1 aliphatic heterocycles. The highest BCUT2D eigenvalue weighted by atomic mass is 16.5. The number of methoxy groups -OCH3 is 2. The first-order valence-electron chi connectivity index (χ1n) is 10.8. The summed E-state index contributed by atoms with van der Waals surface area (Å²) in [5.41, 5.74) is 10.8. The summed E-state index contributed by atoms with van der Waals surface area (Å²) in [6, 6.07) is 18.6. The summed E-state index contributed by atoms with van der Waals surface area (Å²) in [6.45, 7) is 3.47. The minimum Gasteiger partial charge on any atom is -0.497 e. The zero-order valence-corrected chi connectivity index (χ0v) is 19.8. The predicted octanol–water partition coefficient (Wildman–Crippen LogP) is 3.94. The lowest BCUT2D eigenvalue weighted by molar-refractivity contribution is -0.115. The van der Waals surface area contributed by atoms with E-state index >= 15 is 0 Å². The highest BCUT2D eigenvalue weighted by molar-refractivity contribution is 6.72. The van der Waals surface area contributed by atoms with E-state index in [0.29, 0.717) is 34.1 Å². The maximum atomic E-state index is 12.5. The van der Waals surface area contributed by atoms with E-state index in [1.807, 2.05) is 49.4 Å². The van der Waals surface area contributed by atoms with Crippen molar-refractivity contribution in [2.75, 3.05) is 25.0 Å². The third-order valence-electron chi connectivity index (χ3n) is 5.40. The van der Waals surface area contributed by atoms with Gasteiger partial charge in [-0.25, -0.2) is 5.43 Å². The van der Waals surface area contributed by atoms with Gasteiger partial charge in [0.1, 0.15) is 17.2 Å². The average Bonchev–Trinajstić information content (AvgIpc) is 3.22. The Morgan fingerprint density at radius 3 is 2.54 bits per heavy atom.